The van der Waals surface area contributed by atoms with Crippen molar-refractivity contribution in [3.05, 3.63) is 54.4 Å². The van der Waals surface area contributed by atoms with Gasteiger partial charge < -0.3 is 19.9 Å². The van der Waals surface area contributed by atoms with Crippen LogP contribution in [0.2, 0.25) is 0 Å². The van der Waals surface area contributed by atoms with Crippen molar-refractivity contribution in [3.8, 4) is 11.5 Å². The van der Waals surface area contributed by atoms with Gasteiger partial charge in [0.1, 0.15) is 23.7 Å². The molecule has 0 unspecified atom stereocenters. The lowest BCUT2D eigenvalue weighted by molar-refractivity contribution is 0.0138. The molecule has 2 heterocycles. The minimum atomic E-state index is -0.696. The van der Waals surface area contributed by atoms with Gasteiger partial charge in [0.2, 0.25) is 0 Å². The molecule has 29 heavy (non-hydrogen) atoms. The Morgan fingerprint density at radius 3 is 2.72 bits per heavy atom. The minimum Gasteiger partial charge on any atom is -0.497 e. The number of carbonyl (C=O) groups excluding carboxylic acids is 1. The number of ether oxygens (including phenoxy) is 2. The second kappa shape index (κ2) is 8.80. The molecule has 2 N–H and O–H groups in total. The Labute approximate surface area is 170 Å². The lowest BCUT2D eigenvalue weighted by Gasteiger charge is -2.32. The molecule has 1 amide bonds. The Morgan fingerprint density at radius 1 is 1.21 bits per heavy atom. The zero-order valence-corrected chi connectivity index (χ0v) is 16.5. The van der Waals surface area contributed by atoms with Crippen LogP contribution >= 0.6 is 0 Å². The predicted molar refractivity (Wildman–Crippen MR) is 108 cm³/mol. The monoisotopic (exact) mass is 397 g/mol. The molecule has 7 heteroatoms. The summed E-state index contributed by atoms with van der Waals surface area (Å²) in [7, 11) is 1.61. The van der Waals surface area contributed by atoms with Crippen LogP contribution in [-0.4, -0.2) is 65.4 Å². The first-order valence-electron chi connectivity index (χ1n) is 10.1. The molecule has 2 fully saturated rings. The van der Waals surface area contributed by atoms with E-state index in [4.69, 9.17) is 9.47 Å². The highest BCUT2D eigenvalue weighted by Crippen LogP contribution is 2.32. The maximum Gasteiger partial charge on any atom is 0.253 e. The van der Waals surface area contributed by atoms with Crippen LogP contribution in [0.5, 0.6) is 11.5 Å². The maximum absolute atomic E-state index is 12.7. The predicted octanol–water partition coefficient (Wildman–Crippen LogP) is 1.87. The van der Waals surface area contributed by atoms with E-state index in [0.29, 0.717) is 23.5 Å². The summed E-state index contributed by atoms with van der Waals surface area (Å²) in [5.41, 5.74) is 0.513. The molecule has 2 aliphatic rings. The van der Waals surface area contributed by atoms with Gasteiger partial charge in [-0.1, -0.05) is 6.07 Å². The summed E-state index contributed by atoms with van der Waals surface area (Å²) in [6.45, 7) is 1.85. The molecule has 4 atom stereocenters. The van der Waals surface area contributed by atoms with Gasteiger partial charge in [0.15, 0.2) is 0 Å². The van der Waals surface area contributed by atoms with Gasteiger partial charge in [-0.25, -0.2) is 0 Å². The molecular formula is C22H27N3O4. The van der Waals surface area contributed by atoms with Crippen LogP contribution in [0.1, 0.15) is 29.6 Å². The molecule has 154 valence electrons. The minimum absolute atomic E-state index is 0.172. The van der Waals surface area contributed by atoms with Gasteiger partial charge in [-0.05, 0) is 50.2 Å². The fourth-order valence-corrected chi connectivity index (χ4v) is 4.36. The molecule has 0 spiro atoms. The Hall–Kier alpha value is -2.64. The van der Waals surface area contributed by atoms with Crippen LogP contribution < -0.4 is 14.8 Å². The average molecular weight is 397 g/mol. The van der Waals surface area contributed by atoms with Crippen LogP contribution in [0.4, 0.5) is 0 Å². The summed E-state index contributed by atoms with van der Waals surface area (Å²) in [4.78, 5) is 19.0. The fourth-order valence-electron chi connectivity index (χ4n) is 4.36. The van der Waals surface area contributed by atoms with E-state index in [2.05, 4.69) is 15.2 Å². The standard InChI is InChI=1S/C22H27N3O4/c1-28-16-7-4-8-17(12-16)29-19-13-18(20(21(19)26)25-10-2-3-11-25)24-22(27)15-6-5-9-23-14-15/h4-9,12,14,18-21,26H,2-3,10-11,13H2,1H3,(H,24,27)/t18-,19-,20+,21+/m1/s1. The van der Waals surface area contributed by atoms with E-state index in [-0.39, 0.29) is 18.0 Å². The van der Waals surface area contributed by atoms with Crippen molar-refractivity contribution in [2.45, 2.75) is 43.6 Å². The summed E-state index contributed by atoms with van der Waals surface area (Å²) in [6.07, 6.45) is 4.83. The van der Waals surface area contributed by atoms with Gasteiger partial charge in [0, 0.05) is 24.9 Å². The lowest BCUT2D eigenvalue weighted by atomic mass is 10.1. The number of aromatic nitrogens is 1. The van der Waals surface area contributed by atoms with Crippen molar-refractivity contribution in [3.63, 3.8) is 0 Å². The Morgan fingerprint density at radius 2 is 2.00 bits per heavy atom. The molecule has 1 saturated carbocycles. The third-order valence-corrected chi connectivity index (χ3v) is 5.76. The second-order valence-electron chi connectivity index (χ2n) is 7.62. The van der Waals surface area contributed by atoms with Crippen LogP contribution in [0.3, 0.4) is 0 Å². The van der Waals surface area contributed by atoms with E-state index < -0.39 is 12.2 Å². The number of hydrogen-bond acceptors (Lipinski definition) is 6. The maximum atomic E-state index is 12.7. The van der Waals surface area contributed by atoms with Crippen LogP contribution in [-0.2, 0) is 0 Å². The Bertz CT molecular complexity index is 826. The van der Waals surface area contributed by atoms with Crippen molar-refractivity contribution >= 4 is 5.91 Å². The van der Waals surface area contributed by atoms with Crippen molar-refractivity contribution in [1.82, 2.24) is 15.2 Å². The van der Waals surface area contributed by atoms with Gasteiger partial charge in [0.05, 0.1) is 24.8 Å². The number of aliphatic hydroxyl groups is 1. The fraction of sp³-hybridized carbons (Fsp3) is 0.455. The first-order chi connectivity index (χ1) is 14.2. The van der Waals surface area contributed by atoms with E-state index in [1.54, 1.807) is 37.7 Å². The molecule has 2 aromatic rings. The van der Waals surface area contributed by atoms with E-state index in [9.17, 15) is 9.90 Å². The number of amides is 1. The first-order valence-corrected chi connectivity index (χ1v) is 10.1. The molecular weight excluding hydrogens is 370 g/mol. The van der Waals surface area contributed by atoms with E-state index >= 15 is 0 Å². The van der Waals surface area contributed by atoms with Gasteiger partial charge in [-0.2, -0.15) is 0 Å². The van der Waals surface area contributed by atoms with Gasteiger partial charge in [0.25, 0.3) is 5.91 Å². The van der Waals surface area contributed by atoms with Crippen molar-refractivity contribution in [1.29, 1.82) is 0 Å². The zero-order valence-electron chi connectivity index (χ0n) is 16.5. The smallest absolute Gasteiger partial charge is 0.253 e. The molecule has 1 aromatic heterocycles. The van der Waals surface area contributed by atoms with Crippen LogP contribution in [0, 0.1) is 0 Å². The quantitative estimate of drug-likeness (QED) is 0.774. The van der Waals surface area contributed by atoms with E-state index in [0.717, 1.165) is 25.9 Å². The number of nitrogens with zero attached hydrogens (tertiary/aromatic N) is 2. The summed E-state index contributed by atoms with van der Waals surface area (Å²) in [6, 6.07) is 10.5. The number of pyridine rings is 1. The normalized spacial score (nSPS) is 27.0. The molecule has 0 radical (unpaired) electrons. The number of methoxy groups -OCH3 is 1. The number of carbonyl (C=O) groups is 1. The van der Waals surface area contributed by atoms with Crippen LogP contribution in [0.25, 0.3) is 0 Å². The molecule has 0 bridgehead atoms. The van der Waals surface area contributed by atoms with E-state index in [1.807, 2.05) is 18.2 Å². The highest BCUT2D eigenvalue weighted by Gasteiger charge is 2.47. The van der Waals surface area contributed by atoms with Crippen molar-refractivity contribution in [2.24, 2.45) is 0 Å². The van der Waals surface area contributed by atoms with Crippen LogP contribution in [0.15, 0.2) is 48.8 Å². The zero-order chi connectivity index (χ0) is 20.2. The lowest BCUT2D eigenvalue weighted by Crippen LogP contribution is -2.52. The number of rotatable bonds is 6. The SMILES string of the molecule is COc1cccc(O[C@@H]2C[C@@H](NC(=O)c3cccnc3)[C@H](N3CCCC3)[C@H]2O)c1. The Balaban J connectivity index is 1.51. The molecule has 1 aliphatic carbocycles. The third-order valence-electron chi connectivity index (χ3n) is 5.76. The average Bonchev–Trinajstić information content (AvgIpc) is 3.37. The molecule has 4 rings (SSSR count). The molecule has 7 nitrogen and oxygen atoms in total. The van der Waals surface area contributed by atoms with Gasteiger partial charge in [-0.3, -0.25) is 14.7 Å². The van der Waals surface area contributed by atoms with Gasteiger partial charge in [-0.15, -0.1) is 0 Å². The first kappa shape index (κ1) is 19.7. The summed E-state index contributed by atoms with van der Waals surface area (Å²) in [5, 5.41) is 14.2. The highest BCUT2D eigenvalue weighted by molar-refractivity contribution is 5.94. The van der Waals surface area contributed by atoms with Gasteiger partial charge >= 0.3 is 0 Å². The molecule has 1 aromatic carbocycles. The topological polar surface area (TPSA) is 83.9 Å². The highest BCUT2D eigenvalue weighted by atomic mass is 16.5. The number of aliphatic hydroxyl groups excluding tert-OH is 1. The second-order valence-corrected chi connectivity index (χ2v) is 7.62. The third kappa shape index (κ3) is 4.36. The Kier molecular flexibility index (Phi) is 5.97. The number of likely N-dealkylation sites (tertiary alicyclic amines) is 1. The molecule has 1 saturated heterocycles. The summed E-state index contributed by atoms with van der Waals surface area (Å²) in [5.74, 6) is 1.17. The summed E-state index contributed by atoms with van der Waals surface area (Å²) >= 11 is 0. The van der Waals surface area contributed by atoms with Crippen molar-refractivity contribution in [2.75, 3.05) is 20.2 Å². The molecule has 1 aliphatic heterocycles. The van der Waals surface area contributed by atoms with Crippen molar-refractivity contribution < 1.29 is 19.4 Å². The summed E-state index contributed by atoms with van der Waals surface area (Å²) < 4.78 is 11.4. The largest absolute Gasteiger partial charge is 0.497 e. The number of nitrogens with one attached hydrogen (secondary N) is 1. The number of benzene rings is 1. The number of hydrogen-bond donors (Lipinski definition) is 2. The van der Waals surface area contributed by atoms with E-state index in [1.165, 1.54) is 0 Å².